The van der Waals surface area contributed by atoms with Crippen LogP contribution in [0.15, 0.2) is 18.3 Å². The maximum Gasteiger partial charge on any atom is 0.0361 e. The quantitative estimate of drug-likeness (QED) is 0.774. The van der Waals surface area contributed by atoms with Crippen molar-refractivity contribution in [2.45, 2.75) is 38.8 Å². The number of rotatable bonds is 4. The minimum Gasteiger partial charge on any atom is -0.353 e. The van der Waals surface area contributed by atoms with Crippen molar-refractivity contribution in [3.8, 4) is 0 Å². The Hall–Kier alpha value is -0.760. The van der Waals surface area contributed by atoms with Crippen LogP contribution in [-0.2, 0) is 13.6 Å². The molecule has 0 bridgehead atoms. The van der Waals surface area contributed by atoms with Gasteiger partial charge in [0, 0.05) is 31.5 Å². The van der Waals surface area contributed by atoms with Gasteiger partial charge in [0.25, 0.3) is 0 Å². The average Bonchev–Trinajstić information content (AvgIpc) is 2.44. The van der Waals surface area contributed by atoms with Gasteiger partial charge in [0.15, 0.2) is 0 Å². The average molecular weight is 192 g/mol. The lowest BCUT2D eigenvalue weighted by atomic mass is 9.80. The molecule has 1 aliphatic carbocycles. The summed E-state index contributed by atoms with van der Waals surface area (Å²) < 4.78 is 2.18. The second-order valence-electron chi connectivity index (χ2n) is 4.47. The van der Waals surface area contributed by atoms with E-state index in [-0.39, 0.29) is 0 Å². The highest BCUT2D eigenvalue weighted by Crippen LogP contribution is 2.29. The first-order chi connectivity index (χ1) is 6.77. The zero-order valence-electron chi connectivity index (χ0n) is 9.16. The van der Waals surface area contributed by atoms with Gasteiger partial charge in [-0.3, -0.25) is 0 Å². The van der Waals surface area contributed by atoms with Crippen LogP contribution in [-0.4, -0.2) is 10.6 Å². The van der Waals surface area contributed by atoms with E-state index >= 15 is 0 Å². The van der Waals surface area contributed by atoms with E-state index in [9.17, 15) is 0 Å². The summed E-state index contributed by atoms with van der Waals surface area (Å²) in [5.74, 6) is 0.926. The molecule has 1 aliphatic rings. The molecular weight excluding hydrogens is 172 g/mol. The minimum atomic E-state index is 0.679. The largest absolute Gasteiger partial charge is 0.353 e. The highest BCUT2D eigenvalue weighted by Gasteiger charge is 2.23. The Kier molecular flexibility index (Phi) is 2.92. The molecule has 0 aromatic carbocycles. The Morgan fingerprint density at radius 2 is 2.36 bits per heavy atom. The Bertz CT molecular complexity index is 286. The molecule has 0 amide bonds. The normalized spacial score (nSPS) is 19.3. The summed E-state index contributed by atoms with van der Waals surface area (Å²) in [6.07, 6.45) is 6.37. The first kappa shape index (κ1) is 9.78. The van der Waals surface area contributed by atoms with E-state index in [1.807, 2.05) is 0 Å². The number of nitrogens with one attached hydrogen (secondary N) is 1. The van der Waals surface area contributed by atoms with Crippen molar-refractivity contribution in [1.82, 2.24) is 9.88 Å². The Morgan fingerprint density at radius 3 is 2.86 bits per heavy atom. The molecule has 2 rings (SSSR count). The second kappa shape index (κ2) is 4.18. The van der Waals surface area contributed by atoms with E-state index in [1.165, 1.54) is 25.0 Å². The zero-order valence-corrected chi connectivity index (χ0v) is 9.16. The topological polar surface area (TPSA) is 17.0 Å². The third kappa shape index (κ3) is 2.01. The highest BCUT2D eigenvalue weighted by molar-refractivity contribution is 5.06. The van der Waals surface area contributed by atoms with Gasteiger partial charge < -0.3 is 9.88 Å². The monoisotopic (exact) mass is 192 g/mol. The van der Waals surface area contributed by atoms with Gasteiger partial charge in [-0.2, -0.15) is 0 Å². The van der Waals surface area contributed by atoms with Crippen molar-refractivity contribution in [1.29, 1.82) is 0 Å². The van der Waals surface area contributed by atoms with Crippen LogP contribution in [0.3, 0.4) is 0 Å². The van der Waals surface area contributed by atoms with Crippen LogP contribution < -0.4 is 5.32 Å². The SMILES string of the molecule is CC(NCc1cccn1C)C1CCC1. The van der Waals surface area contributed by atoms with Gasteiger partial charge in [-0.25, -0.2) is 0 Å². The standard InChI is InChI=1S/C12H20N2/c1-10(11-5-3-6-11)13-9-12-7-4-8-14(12)2/h4,7-8,10-11,13H,3,5-6,9H2,1-2H3. The molecule has 0 spiro atoms. The van der Waals surface area contributed by atoms with Crippen LogP contribution in [0, 0.1) is 5.92 Å². The van der Waals surface area contributed by atoms with E-state index in [2.05, 4.69) is 42.2 Å². The van der Waals surface area contributed by atoms with Crippen LogP contribution in [0.2, 0.25) is 0 Å². The van der Waals surface area contributed by atoms with Crippen LogP contribution in [0.5, 0.6) is 0 Å². The molecular formula is C12H20N2. The predicted molar refractivity (Wildman–Crippen MR) is 59.1 cm³/mol. The minimum absolute atomic E-state index is 0.679. The molecule has 0 radical (unpaired) electrons. The maximum absolute atomic E-state index is 3.61. The third-order valence-corrected chi connectivity index (χ3v) is 3.51. The van der Waals surface area contributed by atoms with Gasteiger partial charge in [-0.15, -0.1) is 0 Å². The lowest BCUT2D eigenvalue weighted by molar-refractivity contribution is 0.239. The number of aryl methyl sites for hydroxylation is 1. The fraction of sp³-hybridized carbons (Fsp3) is 0.667. The molecule has 1 aromatic heterocycles. The van der Waals surface area contributed by atoms with Crippen LogP contribution in [0.25, 0.3) is 0 Å². The van der Waals surface area contributed by atoms with E-state index < -0.39 is 0 Å². The predicted octanol–water partition coefficient (Wildman–Crippen LogP) is 2.30. The third-order valence-electron chi connectivity index (χ3n) is 3.51. The smallest absolute Gasteiger partial charge is 0.0361 e. The molecule has 2 nitrogen and oxygen atoms in total. The van der Waals surface area contributed by atoms with E-state index in [0.717, 1.165) is 12.5 Å². The Morgan fingerprint density at radius 1 is 1.57 bits per heavy atom. The molecule has 1 fully saturated rings. The van der Waals surface area contributed by atoms with Crippen molar-refractivity contribution in [3.63, 3.8) is 0 Å². The fourth-order valence-electron chi connectivity index (χ4n) is 2.05. The number of aromatic nitrogens is 1. The highest BCUT2D eigenvalue weighted by atomic mass is 15.0. The van der Waals surface area contributed by atoms with Gasteiger partial charge in [0.2, 0.25) is 0 Å². The van der Waals surface area contributed by atoms with Gasteiger partial charge in [-0.05, 0) is 37.8 Å². The molecule has 2 heteroatoms. The molecule has 1 aromatic rings. The molecule has 0 saturated heterocycles. The van der Waals surface area contributed by atoms with Crippen molar-refractivity contribution >= 4 is 0 Å². The van der Waals surface area contributed by atoms with Crippen molar-refractivity contribution in [2.24, 2.45) is 13.0 Å². The lowest BCUT2D eigenvalue weighted by Gasteiger charge is -2.32. The molecule has 1 atom stereocenters. The van der Waals surface area contributed by atoms with Gasteiger partial charge in [0.1, 0.15) is 0 Å². The van der Waals surface area contributed by atoms with E-state index in [4.69, 9.17) is 0 Å². The first-order valence-corrected chi connectivity index (χ1v) is 5.61. The Balaban J connectivity index is 1.79. The van der Waals surface area contributed by atoms with Crippen molar-refractivity contribution < 1.29 is 0 Å². The zero-order chi connectivity index (χ0) is 9.97. The van der Waals surface area contributed by atoms with Gasteiger partial charge in [-0.1, -0.05) is 6.42 Å². The lowest BCUT2D eigenvalue weighted by Crippen LogP contribution is -2.36. The summed E-state index contributed by atoms with van der Waals surface area (Å²) in [5, 5.41) is 3.61. The number of hydrogen-bond donors (Lipinski definition) is 1. The summed E-state index contributed by atoms with van der Waals surface area (Å²) in [6.45, 7) is 3.31. The molecule has 1 unspecified atom stereocenters. The van der Waals surface area contributed by atoms with Crippen LogP contribution in [0.1, 0.15) is 31.9 Å². The van der Waals surface area contributed by atoms with E-state index in [1.54, 1.807) is 0 Å². The van der Waals surface area contributed by atoms with Gasteiger partial charge in [0.05, 0.1) is 0 Å². The molecule has 1 N–H and O–H groups in total. The number of nitrogens with zero attached hydrogens (tertiary/aromatic N) is 1. The van der Waals surface area contributed by atoms with E-state index in [0.29, 0.717) is 6.04 Å². The van der Waals surface area contributed by atoms with Crippen LogP contribution >= 0.6 is 0 Å². The fourth-order valence-corrected chi connectivity index (χ4v) is 2.05. The summed E-state index contributed by atoms with van der Waals surface area (Å²) >= 11 is 0. The summed E-state index contributed by atoms with van der Waals surface area (Å²) in [4.78, 5) is 0. The molecule has 14 heavy (non-hydrogen) atoms. The summed E-state index contributed by atoms with van der Waals surface area (Å²) in [7, 11) is 2.10. The van der Waals surface area contributed by atoms with Crippen molar-refractivity contribution in [3.05, 3.63) is 24.0 Å². The first-order valence-electron chi connectivity index (χ1n) is 5.61. The summed E-state index contributed by atoms with van der Waals surface area (Å²) in [5.41, 5.74) is 1.37. The number of hydrogen-bond acceptors (Lipinski definition) is 1. The molecule has 1 saturated carbocycles. The molecule has 0 aliphatic heterocycles. The summed E-state index contributed by atoms with van der Waals surface area (Å²) in [6, 6.07) is 4.96. The molecule has 78 valence electrons. The van der Waals surface area contributed by atoms with Gasteiger partial charge >= 0.3 is 0 Å². The van der Waals surface area contributed by atoms with Crippen molar-refractivity contribution in [2.75, 3.05) is 0 Å². The second-order valence-corrected chi connectivity index (χ2v) is 4.47. The maximum atomic E-state index is 3.61. The molecule has 1 heterocycles. The Labute approximate surface area is 86.3 Å². The van der Waals surface area contributed by atoms with Crippen LogP contribution in [0.4, 0.5) is 0 Å².